The van der Waals surface area contributed by atoms with E-state index in [9.17, 15) is 0 Å². The minimum Gasteiger partial charge on any atom is -0.490 e. The van der Waals surface area contributed by atoms with E-state index in [4.69, 9.17) is 9.47 Å². The molecule has 0 amide bonds. The van der Waals surface area contributed by atoms with Gasteiger partial charge in [0.25, 0.3) is 0 Å². The molecule has 3 rings (SSSR count). The van der Waals surface area contributed by atoms with Crippen LogP contribution in [0.1, 0.15) is 12.1 Å². The van der Waals surface area contributed by atoms with Gasteiger partial charge < -0.3 is 14.5 Å². The Balaban J connectivity index is 1.56. The molecule has 2 aromatic carbocycles. The lowest BCUT2D eigenvalue weighted by atomic mass is 10.2. The number of H-pyrrole nitrogens is 1. The standard InChI is InChI=1S/C18H18N2O2/c1-2-8-16(9-3-1)22-18-11-5-4-10-17(18)21-12-6-7-15-13-19-14-20-15/h1-5,8-11,13-14H,6-7,12H2,(H,19,20). The Hall–Kier alpha value is -2.75. The second-order valence-electron chi connectivity index (χ2n) is 4.87. The summed E-state index contributed by atoms with van der Waals surface area (Å²) in [4.78, 5) is 7.15. The van der Waals surface area contributed by atoms with Crippen molar-refractivity contribution in [2.45, 2.75) is 12.8 Å². The first-order valence-corrected chi connectivity index (χ1v) is 7.34. The highest BCUT2D eigenvalue weighted by molar-refractivity contribution is 5.42. The van der Waals surface area contributed by atoms with Crippen LogP contribution in [-0.2, 0) is 6.42 Å². The van der Waals surface area contributed by atoms with E-state index in [1.54, 1.807) is 6.33 Å². The summed E-state index contributed by atoms with van der Waals surface area (Å²) in [5.74, 6) is 2.29. The Bertz CT molecular complexity index is 681. The number of hydrogen-bond donors (Lipinski definition) is 1. The third-order valence-corrected chi connectivity index (χ3v) is 3.21. The van der Waals surface area contributed by atoms with Crippen LogP contribution in [0.5, 0.6) is 17.2 Å². The molecule has 0 aliphatic heterocycles. The number of aromatic amines is 1. The van der Waals surface area contributed by atoms with Crippen molar-refractivity contribution in [3.8, 4) is 17.2 Å². The van der Waals surface area contributed by atoms with E-state index >= 15 is 0 Å². The molecule has 1 N–H and O–H groups in total. The molecule has 0 aliphatic rings. The van der Waals surface area contributed by atoms with Crippen LogP contribution in [0, 0.1) is 0 Å². The van der Waals surface area contributed by atoms with E-state index in [0.717, 1.165) is 35.8 Å². The number of imidazole rings is 1. The molecule has 0 fully saturated rings. The Morgan fingerprint density at radius 3 is 2.45 bits per heavy atom. The number of ether oxygens (including phenoxy) is 2. The van der Waals surface area contributed by atoms with Crippen molar-refractivity contribution < 1.29 is 9.47 Å². The van der Waals surface area contributed by atoms with Gasteiger partial charge >= 0.3 is 0 Å². The van der Waals surface area contributed by atoms with Crippen LogP contribution in [0.25, 0.3) is 0 Å². The Morgan fingerprint density at radius 1 is 0.909 bits per heavy atom. The second-order valence-corrected chi connectivity index (χ2v) is 4.87. The molecule has 22 heavy (non-hydrogen) atoms. The van der Waals surface area contributed by atoms with E-state index in [0.29, 0.717) is 6.61 Å². The summed E-state index contributed by atoms with van der Waals surface area (Å²) in [7, 11) is 0. The number of para-hydroxylation sites is 3. The summed E-state index contributed by atoms with van der Waals surface area (Å²) in [6.07, 6.45) is 5.40. The molecule has 1 aromatic heterocycles. The van der Waals surface area contributed by atoms with Gasteiger partial charge in [-0.15, -0.1) is 0 Å². The fourth-order valence-electron chi connectivity index (χ4n) is 2.13. The van der Waals surface area contributed by atoms with Gasteiger partial charge in [0.05, 0.1) is 18.6 Å². The molecule has 0 spiro atoms. The molecule has 3 aromatic rings. The average molecular weight is 294 g/mol. The monoisotopic (exact) mass is 294 g/mol. The van der Waals surface area contributed by atoms with Crippen LogP contribution in [0.3, 0.4) is 0 Å². The first-order valence-electron chi connectivity index (χ1n) is 7.34. The Kier molecular flexibility index (Phi) is 4.72. The fraction of sp³-hybridized carbons (Fsp3) is 0.167. The summed E-state index contributed by atoms with van der Waals surface area (Å²) < 4.78 is 11.7. The first kappa shape index (κ1) is 14.2. The highest BCUT2D eigenvalue weighted by Crippen LogP contribution is 2.31. The number of nitrogens with zero attached hydrogens (tertiary/aromatic N) is 1. The second kappa shape index (κ2) is 7.31. The van der Waals surface area contributed by atoms with Gasteiger partial charge in [0, 0.05) is 6.20 Å². The van der Waals surface area contributed by atoms with Gasteiger partial charge in [-0.25, -0.2) is 4.98 Å². The van der Waals surface area contributed by atoms with Crippen LogP contribution in [0.4, 0.5) is 0 Å². The maximum Gasteiger partial charge on any atom is 0.169 e. The van der Waals surface area contributed by atoms with Gasteiger partial charge in [-0.1, -0.05) is 30.3 Å². The van der Waals surface area contributed by atoms with E-state index in [2.05, 4.69) is 9.97 Å². The molecule has 4 heteroatoms. The number of aromatic nitrogens is 2. The smallest absolute Gasteiger partial charge is 0.169 e. The fourth-order valence-corrected chi connectivity index (χ4v) is 2.13. The van der Waals surface area contributed by atoms with Crippen LogP contribution in [-0.4, -0.2) is 16.6 Å². The van der Waals surface area contributed by atoms with E-state index in [-0.39, 0.29) is 0 Å². The molecule has 0 atom stereocenters. The third kappa shape index (κ3) is 3.88. The zero-order chi connectivity index (χ0) is 15.0. The quantitative estimate of drug-likeness (QED) is 0.664. The maximum atomic E-state index is 5.87. The SMILES string of the molecule is c1ccc(Oc2ccccc2OCCCc2c[nH]cn2)cc1. The molecule has 0 bridgehead atoms. The van der Waals surface area contributed by atoms with Crippen LogP contribution < -0.4 is 9.47 Å². The topological polar surface area (TPSA) is 47.1 Å². The van der Waals surface area contributed by atoms with Crippen LogP contribution >= 0.6 is 0 Å². The zero-order valence-electron chi connectivity index (χ0n) is 12.2. The van der Waals surface area contributed by atoms with Gasteiger partial charge in [-0.05, 0) is 37.1 Å². The van der Waals surface area contributed by atoms with Crippen molar-refractivity contribution in [3.05, 3.63) is 72.8 Å². The maximum absolute atomic E-state index is 5.87. The third-order valence-electron chi connectivity index (χ3n) is 3.21. The first-order chi connectivity index (χ1) is 10.9. The molecule has 112 valence electrons. The lowest BCUT2D eigenvalue weighted by Crippen LogP contribution is -2.01. The van der Waals surface area contributed by atoms with Gasteiger partial charge in [-0.3, -0.25) is 0 Å². The molecular weight excluding hydrogens is 276 g/mol. The highest BCUT2D eigenvalue weighted by Gasteiger charge is 2.05. The van der Waals surface area contributed by atoms with Crippen molar-refractivity contribution in [1.82, 2.24) is 9.97 Å². The predicted molar refractivity (Wildman–Crippen MR) is 85.4 cm³/mol. The predicted octanol–water partition coefficient (Wildman–Crippen LogP) is 4.21. The lowest BCUT2D eigenvalue weighted by molar-refractivity contribution is 0.296. The lowest BCUT2D eigenvalue weighted by Gasteiger charge is -2.12. The van der Waals surface area contributed by atoms with Crippen molar-refractivity contribution in [2.75, 3.05) is 6.61 Å². The van der Waals surface area contributed by atoms with Gasteiger partial charge in [0.2, 0.25) is 0 Å². The number of nitrogens with one attached hydrogen (secondary N) is 1. The Morgan fingerprint density at radius 2 is 1.68 bits per heavy atom. The van der Waals surface area contributed by atoms with Gasteiger partial charge in [-0.2, -0.15) is 0 Å². The molecule has 4 nitrogen and oxygen atoms in total. The normalized spacial score (nSPS) is 10.4. The van der Waals surface area contributed by atoms with Gasteiger partial charge in [0.1, 0.15) is 5.75 Å². The van der Waals surface area contributed by atoms with Gasteiger partial charge in [0.15, 0.2) is 11.5 Å². The minimum atomic E-state index is 0.627. The largest absolute Gasteiger partial charge is 0.490 e. The van der Waals surface area contributed by atoms with Crippen molar-refractivity contribution in [1.29, 1.82) is 0 Å². The van der Waals surface area contributed by atoms with E-state index < -0.39 is 0 Å². The zero-order valence-corrected chi connectivity index (χ0v) is 12.2. The summed E-state index contributed by atoms with van der Waals surface area (Å²) in [5, 5.41) is 0. The van der Waals surface area contributed by atoms with E-state index in [1.807, 2.05) is 60.8 Å². The van der Waals surface area contributed by atoms with Crippen molar-refractivity contribution >= 4 is 0 Å². The van der Waals surface area contributed by atoms with Crippen LogP contribution in [0.15, 0.2) is 67.1 Å². The molecular formula is C18H18N2O2. The number of rotatable bonds is 7. The molecule has 0 unspecified atom stereocenters. The molecule has 1 heterocycles. The Labute approximate surface area is 129 Å². The highest BCUT2D eigenvalue weighted by atomic mass is 16.5. The molecule has 0 aliphatic carbocycles. The number of aryl methyl sites for hydroxylation is 1. The summed E-state index contributed by atoms with van der Waals surface area (Å²) in [6, 6.07) is 17.4. The van der Waals surface area contributed by atoms with E-state index in [1.165, 1.54) is 0 Å². The number of benzene rings is 2. The number of hydrogen-bond acceptors (Lipinski definition) is 3. The molecule has 0 saturated carbocycles. The minimum absolute atomic E-state index is 0.627. The molecule has 0 radical (unpaired) electrons. The average Bonchev–Trinajstić information content (AvgIpc) is 3.07. The summed E-state index contributed by atoms with van der Waals surface area (Å²) in [5.41, 5.74) is 1.05. The van der Waals surface area contributed by atoms with Crippen LogP contribution in [0.2, 0.25) is 0 Å². The van der Waals surface area contributed by atoms with Crippen molar-refractivity contribution in [2.24, 2.45) is 0 Å². The molecule has 0 saturated heterocycles. The van der Waals surface area contributed by atoms with Crippen molar-refractivity contribution in [3.63, 3.8) is 0 Å². The summed E-state index contributed by atoms with van der Waals surface area (Å²) >= 11 is 0. The summed E-state index contributed by atoms with van der Waals surface area (Å²) in [6.45, 7) is 0.627.